The number of rotatable bonds is 7. The zero-order valence-electron chi connectivity index (χ0n) is 17.4. The Kier molecular flexibility index (Phi) is 7.49. The van der Waals surface area contributed by atoms with Crippen molar-refractivity contribution in [1.29, 1.82) is 0 Å². The number of benzene rings is 1. The van der Waals surface area contributed by atoms with Gasteiger partial charge in [-0.1, -0.05) is 37.7 Å². The first kappa shape index (κ1) is 22.5. The molecule has 0 atom stereocenters. The van der Waals surface area contributed by atoms with Crippen LogP contribution in [-0.4, -0.2) is 38.1 Å². The third kappa shape index (κ3) is 7.30. The zero-order valence-corrected chi connectivity index (χ0v) is 18.2. The first-order valence-electron chi connectivity index (χ1n) is 9.22. The standard InChI is InChI=1S/C19H28N6O3S/c1-12(2)13-6-8-14(9-7-13)28-10-15-23-24-18(25(15)20)29-11-16(26)21-17(27)22-19(3,4)5/h6-9,12H,10-11,20H2,1-5H3,(H2,21,22,26,27). The van der Waals surface area contributed by atoms with Crippen LogP contribution in [0.3, 0.4) is 0 Å². The Hall–Kier alpha value is -2.75. The topological polar surface area (TPSA) is 124 Å². The van der Waals surface area contributed by atoms with Crippen molar-refractivity contribution in [2.75, 3.05) is 11.6 Å². The van der Waals surface area contributed by atoms with Gasteiger partial charge in [-0.15, -0.1) is 10.2 Å². The molecule has 9 nitrogen and oxygen atoms in total. The van der Waals surface area contributed by atoms with Crippen molar-refractivity contribution in [3.8, 4) is 5.75 Å². The molecule has 0 saturated carbocycles. The Bertz CT molecular complexity index is 843. The number of carbonyl (C=O) groups excluding carboxylic acids is 2. The van der Waals surface area contributed by atoms with Crippen molar-refractivity contribution in [2.24, 2.45) is 0 Å². The second-order valence-electron chi connectivity index (χ2n) is 7.82. The number of carbonyl (C=O) groups is 2. The summed E-state index contributed by atoms with van der Waals surface area (Å²) in [5.41, 5.74) is 0.798. The minimum Gasteiger partial charge on any atom is -0.486 e. The summed E-state index contributed by atoms with van der Waals surface area (Å²) in [6.07, 6.45) is 0. The van der Waals surface area contributed by atoms with Gasteiger partial charge in [0.15, 0.2) is 5.82 Å². The van der Waals surface area contributed by atoms with Gasteiger partial charge in [0.25, 0.3) is 0 Å². The van der Waals surface area contributed by atoms with Crippen LogP contribution >= 0.6 is 11.8 Å². The van der Waals surface area contributed by atoms with E-state index in [0.717, 1.165) is 11.8 Å². The van der Waals surface area contributed by atoms with E-state index in [1.54, 1.807) is 0 Å². The van der Waals surface area contributed by atoms with Crippen molar-refractivity contribution in [3.05, 3.63) is 35.7 Å². The molecule has 29 heavy (non-hydrogen) atoms. The summed E-state index contributed by atoms with van der Waals surface area (Å²) in [6, 6.07) is 7.28. The number of hydrogen-bond donors (Lipinski definition) is 3. The van der Waals surface area contributed by atoms with Crippen LogP contribution in [-0.2, 0) is 11.4 Å². The molecule has 4 N–H and O–H groups in total. The highest BCUT2D eigenvalue weighted by Crippen LogP contribution is 2.20. The minimum atomic E-state index is -0.546. The summed E-state index contributed by atoms with van der Waals surface area (Å²) in [5, 5.41) is 13.2. The Balaban J connectivity index is 1.84. The van der Waals surface area contributed by atoms with Gasteiger partial charge < -0.3 is 15.9 Å². The zero-order chi connectivity index (χ0) is 21.6. The largest absolute Gasteiger partial charge is 0.486 e. The average molecular weight is 421 g/mol. The molecule has 2 rings (SSSR count). The summed E-state index contributed by atoms with van der Waals surface area (Å²) < 4.78 is 6.97. The molecule has 0 aliphatic carbocycles. The number of aromatic nitrogens is 3. The molecule has 1 aromatic heterocycles. The van der Waals surface area contributed by atoms with Crippen LogP contribution < -0.4 is 21.2 Å². The fourth-order valence-electron chi connectivity index (χ4n) is 2.27. The van der Waals surface area contributed by atoms with Crippen LogP contribution in [0.2, 0.25) is 0 Å². The van der Waals surface area contributed by atoms with Crippen molar-refractivity contribution in [3.63, 3.8) is 0 Å². The molecule has 0 aliphatic heterocycles. The monoisotopic (exact) mass is 420 g/mol. The van der Waals surface area contributed by atoms with Crippen molar-refractivity contribution in [2.45, 2.75) is 57.8 Å². The van der Waals surface area contributed by atoms with Crippen LogP contribution in [0.25, 0.3) is 0 Å². The molecule has 0 bridgehead atoms. The fourth-order valence-corrected chi connectivity index (χ4v) is 2.94. The van der Waals surface area contributed by atoms with E-state index >= 15 is 0 Å². The number of ether oxygens (including phenoxy) is 1. The molecule has 1 heterocycles. The summed E-state index contributed by atoms with van der Waals surface area (Å²) in [4.78, 5) is 23.6. The number of urea groups is 1. The van der Waals surface area contributed by atoms with Crippen molar-refractivity contribution in [1.82, 2.24) is 25.5 Å². The molecule has 3 amide bonds. The lowest BCUT2D eigenvalue weighted by atomic mass is 10.0. The molecule has 2 aromatic rings. The maximum absolute atomic E-state index is 11.9. The van der Waals surface area contributed by atoms with E-state index in [0.29, 0.717) is 22.6 Å². The third-order valence-corrected chi connectivity index (χ3v) is 4.67. The van der Waals surface area contributed by atoms with Gasteiger partial charge >= 0.3 is 6.03 Å². The Morgan fingerprint density at radius 1 is 1.21 bits per heavy atom. The summed E-state index contributed by atoms with van der Waals surface area (Å²) in [7, 11) is 0. The smallest absolute Gasteiger partial charge is 0.321 e. The number of nitrogen functional groups attached to an aromatic ring is 1. The van der Waals surface area contributed by atoms with E-state index in [9.17, 15) is 9.59 Å². The van der Waals surface area contributed by atoms with Crippen molar-refractivity contribution < 1.29 is 14.3 Å². The predicted octanol–water partition coefficient (Wildman–Crippen LogP) is 2.41. The van der Waals surface area contributed by atoms with E-state index < -0.39 is 17.5 Å². The lowest BCUT2D eigenvalue weighted by Crippen LogP contribution is -2.48. The molecule has 0 unspecified atom stereocenters. The predicted molar refractivity (Wildman–Crippen MR) is 112 cm³/mol. The molecular weight excluding hydrogens is 392 g/mol. The van der Waals surface area contributed by atoms with E-state index in [2.05, 4.69) is 34.7 Å². The van der Waals surface area contributed by atoms with Crippen LogP contribution in [0.15, 0.2) is 29.4 Å². The number of nitrogens with zero attached hydrogens (tertiary/aromatic N) is 3. The Labute approximate surface area is 174 Å². The van der Waals surface area contributed by atoms with Crippen LogP contribution in [0.4, 0.5) is 4.79 Å². The summed E-state index contributed by atoms with van der Waals surface area (Å²) in [6.45, 7) is 9.87. The first-order chi connectivity index (χ1) is 13.5. The second-order valence-corrected chi connectivity index (χ2v) is 8.76. The van der Waals surface area contributed by atoms with Crippen LogP contribution in [0.1, 0.15) is 51.9 Å². The van der Waals surface area contributed by atoms with Crippen LogP contribution in [0.5, 0.6) is 5.75 Å². The normalized spacial score (nSPS) is 11.4. The molecule has 0 aliphatic rings. The highest BCUT2D eigenvalue weighted by Gasteiger charge is 2.17. The lowest BCUT2D eigenvalue weighted by molar-refractivity contribution is -0.117. The van der Waals surface area contributed by atoms with Gasteiger partial charge in [-0.2, -0.15) is 0 Å². The highest BCUT2D eigenvalue weighted by molar-refractivity contribution is 7.99. The Morgan fingerprint density at radius 2 is 1.86 bits per heavy atom. The SMILES string of the molecule is CC(C)c1ccc(OCc2nnc(SCC(=O)NC(=O)NC(C)(C)C)n2N)cc1. The summed E-state index contributed by atoms with van der Waals surface area (Å²) in [5.74, 6) is 7.08. The van der Waals surface area contributed by atoms with Crippen LogP contribution in [0, 0.1) is 0 Å². The lowest BCUT2D eigenvalue weighted by Gasteiger charge is -2.20. The summed E-state index contributed by atoms with van der Waals surface area (Å²) >= 11 is 1.08. The average Bonchev–Trinajstić information content (AvgIpc) is 2.96. The van der Waals surface area contributed by atoms with Gasteiger partial charge in [0.1, 0.15) is 12.4 Å². The number of nitrogens with one attached hydrogen (secondary N) is 2. The van der Waals surface area contributed by atoms with E-state index in [1.165, 1.54) is 10.2 Å². The fraction of sp³-hybridized carbons (Fsp3) is 0.474. The molecule has 0 radical (unpaired) electrons. The second kappa shape index (κ2) is 9.64. The molecule has 1 aromatic carbocycles. The Morgan fingerprint density at radius 3 is 2.45 bits per heavy atom. The maximum atomic E-state index is 11.9. The molecule has 0 saturated heterocycles. The number of hydrogen-bond acceptors (Lipinski definition) is 7. The number of thioether (sulfide) groups is 1. The van der Waals surface area contributed by atoms with E-state index in [-0.39, 0.29) is 12.4 Å². The maximum Gasteiger partial charge on any atom is 0.321 e. The van der Waals surface area contributed by atoms with E-state index in [4.69, 9.17) is 10.6 Å². The van der Waals surface area contributed by atoms with Gasteiger partial charge in [0, 0.05) is 5.54 Å². The van der Waals surface area contributed by atoms with Gasteiger partial charge in [0.2, 0.25) is 11.1 Å². The minimum absolute atomic E-state index is 0.0234. The highest BCUT2D eigenvalue weighted by atomic mass is 32.2. The van der Waals surface area contributed by atoms with Gasteiger partial charge in [-0.3, -0.25) is 10.1 Å². The van der Waals surface area contributed by atoms with Gasteiger partial charge in [-0.25, -0.2) is 9.47 Å². The number of nitrogens with two attached hydrogens (primary N) is 1. The van der Waals surface area contributed by atoms with E-state index in [1.807, 2.05) is 45.0 Å². The molecule has 0 spiro atoms. The van der Waals surface area contributed by atoms with Gasteiger partial charge in [0.05, 0.1) is 5.75 Å². The number of amides is 3. The molecule has 0 fully saturated rings. The number of imide groups is 1. The van der Waals surface area contributed by atoms with Gasteiger partial charge in [-0.05, 0) is 44.4 Å². The quantitative estimate of drug-likeness (QED) is 0.464. The molecular formula is C19H28N6O3S. The van der Waals surface area contributed by atoms with Crippen molar-refractivity contribution >= 4 is 23.7 Å². The third-order valence-electron chi connectivity index (χ3n) is 3.72. The molecule has 10 heteroatoms. The molecule has 158 valence electrons. The first-order valence-corrected chi connectivity index (χ1v) is 10.2.